The van der Waals surface area contributed by atoms with Gasteiger partial charge in [-0.2, -0.15) is 0 Å². The number of rotatable bonds is 3. The Bertz CT molecular complexity index is 762. The average Bonchev–Trinajstić information content (AvgIpc) is 3.28. The van der Waals surface area contributed by atoms with E-state index < -0.39 is 0 Å². The number of ether oxygens (including phenoxy) is 1. The average molecular weight is 416 g/mol. The molecule has 8 atom stereocenters. The third kappa shape index (κ3) is 3.14. The fourth-order valence-corrected chi connectivity index (χ4v) is 8.69. The van der Waals surface area contributed by atoms with Gasteiger partial charge >= 0.3 is 5.97 Å². The second-order valence-corrected chi connectivity index (χ2v) is 11.3. The molecule has 0 bridgehead atoms. The molecule has 5 aliphatic rings. The van der Waals surface area contributed by atoms with Gasteiger partial charge in [0.2, 0.25) is 5.91 Å². The lowest BCUT2D eigenvalue weighted by Crippen LogP contribution is -2.54. The van der Waals surface area contributed by atoms with Crippen molar-refractivity contribution in [2.75, 3.05) is 6.61 Å². The van der Waals surface area contributed by atoms with Crippen molar-refractivity contribution in [1.82, 2.24) is 5.48 Å². The molecule has 4 aliphatic carbocycles. The van der Waals surface area contributed by atoms with Crippen molar-refractivity contribution < 1.29 is 19.2 Å². The summed E-state index contributed by atoms with van der Waals surface area (Å²) in [6.07, 6.45) is 13.1. The SMILES string of the molecule is CC(=O)NO[C@H]1CC[C@@]2(C)[C@H](CC[C@@H]3[C@@H]2CC[C@]2(C)[C@@H](C4=CC(=O)OC4)CC[C@@H]32)C1. The summed E-state index contributed by atoms with van der Waals surface area (Å²) in [4.78, 5) is 28.6. The van der Waals surface area contributed by atoms with Gasteiger partial charge < -0.3 is 4.74 Å². The summed E-state index contributed by atoms with van der Waals surface area (Å²) < 4.78 is 5.27. The van der Waals surface area contributed by atoms with Crippen LogP contribution in [0, 0.1) is 40.4 Å². The van der Waals surface area contributed by atoms with Crippen molar-refractivity contribution in [3.8, 4) is 0 Å². The number of nitrogens with one attached hydrogen (secondary N) is 1. The van der Waals surface area contributed by atoms with Crippen LogP contribution in [0.2, 0.25) is 0 Å². The smallest absolute Gasteiger partial charge is 0.331 e. The first kappa shape index (κ1) is 20.5. The summed E-state index contributed by atoms with van der Waals surface area (Å²) in [5, 5.41) is 0. The molecule has 30 heavy (non-hydrogen) atoms. The summed E-state index contributed by atoms with van der Waals surface area (Å²) in [7, 11) is 0. The molecule has 5 nitrogen and oxygen atoms in total. The predicted octanol–water partition coefficient (Wildman–Crippen LogP) is 4.56. The van der Waals surface area contributed by atoms with E-state index in [0.29, 0.717) is 29.3 Å². The summed E-state index contributed by atoms with van der Waals surface area (Å²) in [5.74, 6) is 3.39. The quantitative estimate of drug-likeness (QED) is 0.542. The van der Waals surface area contributed by atoms with Crippen molar-refractivity contribution in [3.05, 3.63) is 11.6 Å². The molecule has 0 saturated heterocycles. The number of carbonyl (C=O) groups is 2. The van der Waals surface area contributed by atoms with Gasteiger partial charge in [-0.15, -0.1) is 0 Å². The van der Waals surface area contributed by atoms with E-state index in [1.165, 1.54) is 57.4 Å². The van der Waals surface area contributed by atoms with Crippen molar-refractivity contribution in [2.45, 2.75) is 84.7 Å². The Labute approximate surface area is 180 Å². The zero-order valence-electron chi connectivity index (χ0n) is 18.7. The Hall–Kier alpha value is -1.36. The summed E-state index contributed by atoms with van der Waals surface area (Å²) >= 11 is 0. The molecule has 0 radical (unpaired) electrons. The molecule has 166 valence electrons. The van der Waals surface area contributed by atoms with Crippen LogP contribution in [0.4, 0.5) is 0 Å². The van der Waals surface area contributed by atoms with Crippen molar-refractivity contribution in [3.63, 3.8) is 0 Å². The van der Waals surface area contributed by atoms with Crippen LogP contribution in [0.15, 0.2) is 11.6 Å². The third-order valence-electron chi connectivity index (χ3n) is 10.1. The van der Waals surface area contributed by atoms with Gasteiger partial charge in [0.05, 0.1) is 6.10 Å². The number of amides is 1. The van der Waals surface area contributed by atoms with Crippen LogP contribution in [0.25, 0.3) is 0 Å². The lowest BCUT2D eigenvalue weighted by atomic mass is 9.44. The molecule has 0 aromatic rings. The first-order chi connectivity index (χ1) is 14.3. The summed E-state index contributed by atoms with van der Waals surface area (Å²) in [6.45, 7) is 7.11. The van der Waals surface area contributed by atoms with Crippen molar-refractivity contribution in [1.29, 1.82) is 0 Å². The largest absolute Gasteiger partial charge is 0.458 e. The molecular weight excluding hydrogens is 378 g/mol. The van der Waals surface area contributed by atoms with E-state index in [1.807, 2.05) is 0 Å². The van der Waals surface area contributed by atoms with Gasteiger partial charge in [0.15, 0.2) is 0 Å². The van der Waals surface area contributed by atoms with Crippen LogP contribution in [0.5, 0.6) is 0 Å². The number of hydroxylamine groups is 1. The molecule has 0 aromatic heterocycles. The molecule has 5 rings (SSSR count). The Morgan fingerprint density at radius 3 is 2.57 bits per heavy atom. The normalized spacial score (nSPS) is 47.6. The Balaban J connectivity index is 1.31. The Kier molecular flexibility index (Phi) is 5.04. The molecule has 0 unspecified atom stereocenters. The van der Waals surface area contributed by atoms with E-state index in [4.69, 9.17) is 9.57 Å². The van der Waals surface area contributed by atoms with Crippen molar-refractivity contribution >= 4 is 11.9 Å². The molecule has 0 spiro atoms. The summed E-state index contributed by atoms with van der Waals surface area (Å²) in [5.41, 5.74) is 4.57. The van der Waals surface area contributed by atoms with Gasteiger partial charge in [-0.05, 0) is 104 Å². The highest BCUT2D eigenvalue weighted by molar-refractivity contribution is 5.85. The topological polar surface area (TPSA) is 64.6 Å². The van der Waals surface area contributed by atoms with E-state index in [-0.39, 0.29) is 18.0 Å². The van der Waals surface area contributed by atoms with Gasteiger partial charge in [-0.25, -0.2) is 10.3 Å². The lowest BCUT2D eigenvalue weighted by Gasteiger charge is -2.61. The molecule has 4 saturated carbocycles. The minimum atomic E-state index is -0.142. The monoisotopic (exact) mass is 415 g/mol. The fraction of sp³-hybridized carbons (Fsp3) is 0.840. The second kappa shape index (κ2) is 7.36. The van der Waals surface area contributed by atoms with E-state index in [9.17, 15) is 9.59 Å². The standard InChI is InChI=1S/C25H37NO4/c1-15(27)26-30-18-8-10-24(2)17(13-18)4-5-19-21-7-6-20(16-12-23(28)29-14-16)25(21,3)11-9-22(19)24/h12,17-22H,4-11,13-14H2,1-3H3,(H,26,27)/t17-,18+,19+,20-,21+,22+,24+,25-/m1/s1. The van der Waals surface area contributed by atoms with E-state index in [1.54, 1.807) is 6.08 Å². The number of carbonyl (C=O) groups excluding carboxylic acids is 2. The first-order valence-corrected chi connectivity index (χ1v) is 12.1. The van der Waals surface area contributed by atoms with Crippen LogP contribution in [-0.2, 0) is 19.2 Å². The van der Waals surface area contributed by atoms with Gasteiger partial charge in [0.25, 0.3) is 0 Å². The number of hydrogen-bond acceptors (Lipinski definition) is 4. The second-order valence-electron chi connectivity index (χ2n) is 11.3. The van der Waals surface area contributed by atoms with Crippen LogP contribution in [0.3, 0.4) is 0 Å². The first-order valence-electron chi connectivity index (χ1n) is 12.1. The van der Waals surface area contributed by atoms with Crippen LogP contribution in [-0.4, -0.2) is 24.6 Å². The maximum absolute atomic E-state index is 11.7. The van der Waals surface area contributed by atoms with Crippen LogP contribution < -0.4 is 5.48 Å². The highest BCUT2D eigenvalue weighted by atomic mass is 16.7. The highest BCUT2D eigenvalue weighted by Crippen LogP contribution is 2.68. The molecule has 1 aliphatic heterocycles. The minimum Gasteiger partial charge on any atom is -0.458 e. The summed E-state index contributed by atoms with van der Waals surface area (Å²) in [6, 6.07) is 0. The van der Waals surface area contributed by atoms with Gasteiger partial charge in [-0.3, -0.25) is 9.63 Å². The fourth-order valence-electron chi connectivity index (χ4n) is 8.69. The predicted molar refractivity (Wildman–Crippen MR) is 113 cm³/mol. The zero-order valence-corrected chi connectivity index (χ0v) is 18.7. The maximum atomic E-state index is 11.7. The molecule has 5 heteroatoms. The number of cyclic esters (lactones) is 1. The van der Waals surface area contributed by atoms with Crippen LogP contribution in [0.1, 0.15) is 78.6 Å². The van der Waals surface area contributed by atoms with Crippen molar-refractivity contribution in [2.24, 2.45) is 40.4 Å². The number of esters is 1. The molecule has 1 heterocycles. The van der Waals surface area contributed by atoms with E-state index in [0.717, 1.165) is 30.6 Å². The van der Waals surface area contributed by atoms with E-state index >= 15 is 0 Å². The van der Waals surface area contributed by atoms with Crippen LogP contribution >= 0.6 is 0 Å². The maximum Gasteiger partial charge on any atom is 0.331 e. The molecule has 4 fully saturated rings. The Morgan fingerprint density at radius 1 is 1.07 bits per heavy atom. The molecular formula is C25H37NO4. The van der Waals surface area contributed by atoms with Gasteiger partial charge in [-0.1, -0.05) is 13.8 Å². The number of hydrogen-bond donors (Lipinski definition) is 1. The Morgan fingerprint density at radius 2 is 1.83 bits per heavy atom. The third-order valence-corrected chi connectivity index (χ3v) is 10.1. The zero-order chi connectivity index (χ0) is 21.1. The van der Waals surface area contributed by atoms with E-state index in [2.05, 4.69) is 19.3 Å². The van der Waals surface area contributed by atoms with Gasteiger partial charge in [0, 0.05) is 13.0 Å². The lowest BCUT2D eigenvalue weighted by molar-refractivity contribution is -0.156. The minimum absolute atomic E-state index is 0.112. The molecule has 1 amide bonds. The molecule has 1 N–H and O–H groups in total. The molecule has 0 aromatic carbocycles. The highest BCUT2D eigenvalue weighted by Gasteiger charge is 2.60. The number of fused-ring (bicyclic) bond motifs is 5. The van der Waals surface area contributed by atoms with Gasteiger partial charge in [0.1, 0.15) is 6.61 Å².